The van der Waals surface area contributed by atoms with Crippen molar-refractivity contribution in [3.8, 4) is 0 Å². The molecule has 0 aliphatic carbocycles. The normalized spacial score (nSPS) is 20.4. The summed E-state index contributed by atoms with van der Waals surface area (Å²) in [6.45, 7) is -0.330. The lowest BCUT2D eigenvalue weighted by atomic mass is 10.3. The van der Waals surface area contributed by atoms with Gasteiger partial charge in [-0.05, 0) is 24.3 Å². The maximum atomic E-state index is 12.9. The SMILES string of the molecule is O=C1CC(S(=O)(=O)F)CN1c1ccc(S(=O)(=O)O)cc1. The van der Waals surface area contributed by atoms with Crippen LogP contribution in [0.5, 0.6) is 0 Å². The van der Waals surface area contributed by atoms with Crippen molar-refractivity contribution in [3.05, 3.63) is 24.3 Å². The standard InChI is InChI=1S/C10H10FNO6S2/c11-19(14,15)9-5-10(13)12(6-9)7-1-3-8(4-2-7)20(16,17)18/h1-4,9H,5-6H2,(H,16,17,18). The van der Waals surface area contributed by atoms with Crippen LogP contribution >= 0.6 is 0 Å². The predicted octanol–water partition coefficient (Wildman–Crippen LogP) is 0.338. The number of amides is 1. The van der Waals surface area contributed by atoms with Crippen molar-refractivity contribution in [3.63, 3.8) is 0 Å². The highest BCUT2D eigenvalue weighted by atomic mass is 32.3. The first-order valence-corrected chi connectivity index (χ1v) is 8.29. The van der Waals surface area contributed by atoms with Gasteiger partial charge in [-0.15, -0.1) is 3.89 Å². The van der Waals surface area contributed by atoms with Gasteiger partial charge in [0.25, 0.3) is 10.1 Å². The van der Waals surface area contributed by atoms with E-state index >= 15 is 0 Å². The fourth-order valence-electron chi connectivity index (χ4n) is 1.91. The Hall–Kier alpha value is -1.52. The van der Waals surface area contributed by atoms with Crippen molar-refractivity contribution < 1.29 is 30.1 Å². The summed E-state index contributed by atoms with van der Waals surface area (Å²) in [5.41, 5.74) is 0.230. The van der Waals surface area contributed by atoms with Crippen LogP contribution in [0, 0.1) is 0 Å². The molecule has 1 aliphatic rings. The van der Waals surface area contributed by atoms with E-state index in [-0.39, 0.29) is 17.1 Å². The Morgan fingerprint density at radius 3 is 2.10 bits per heavy atom. The van der Waals surface area contributed by atoms with Crippen LogP contribution in [0.15, 0.2) is 29.2 Å². The minimum atomic E-state index is -4.81. The number of nitrogens with zero attached hydrogens (tertiary/aromatic N) is 1. The van der Waals surface area contributed by atoms with E-state index in [0.717, 1.165) is 17.0 Å². The van der Waals surface area contributed by atoms with Crippen molar-refractivity contribution in [2.75, 3.05) is 11.4 Å². The molecule has 1 heterocycles. The summed E-state index contributed by atoms with van der Waals surface area (Å²) in [5, 5.41) is -1.42. The van der Waals surface area contributed by atoms with Crippen LogP contribution in [-0.2, 0) is 25.1 Å². The second-order valence-corrected chi connectivity index (χ2v) is 7.31. The molecule has 0 radical (unpaired) electrons. The molecule has 1 fully saturated rings. The van der Waals surface area contributed by atoms with E-state index in [1.54, 1.807) is 0 Å². The van der Waals surface area contributed by atoms with Crippen LogP contribution < -0.4 is 4.90 Å². The Kier molecular flexibility index (Phi) is 3.56. The summed E-state index contributed by atoms with van der Waals surface area (Å²) in [6, 6.07) is 4.59. The number of halogens is 1. The summed E-state index contributed by atoms with van der Waals surface area (Å²) in [7, 11) is -9.16. The molecule has 1 aliphatic heterocycles. The quantitative estimate of drug-likeness (QED) is 0.634. The van der Waals surface area contributed by atoms with Gasteiger partial charge in [-0.1, -0.05) is 0 Å². The first-order valence-electron chi connectivity index (χ1n) is 5.40. The largest absolute Gasteiger partial charge is 0.311 e. The maximum Gasteiger partial charge on any atom is 0.307 e. The van der Waals surface area contributed by atoms with Crippen LogP contribution in [0.4, 0.5) is 9.57 Å². The molecular weight excluding hydrogens is 313 g/mol. The highest BCUT2D eigenvalue weighted by Gasteiger charge is 2.39. The average molecular weight is 323 g/mol. The van der Waals surface area contributed by atoms with E-state index in [0.29, 0.717) is 0 Å². The second-order valence-electron chi connectivity index (χ2n) is 4.28. The number of carbonyl (C=O) groups excluding carboxylic acids is 1. The highest BCUT2D eigenvalue weighted by molar-refractivity contribution is 7.87. The maximum absolute atomic E-state index is 12.9. The van der Waals surface area contributed by atoms with E-state index in [1.165, 1.54) is 12.1 Å². The molecule has 1 N–H and O–H groups in total. The molecule has 1 saturated heterocycles. The van der Waals surface area contributed by atoms with E-state index in [2.05, 4.69) is 0 Å². The lowest BCUT2D eigenvalue weighted by Crippen LogP contribution is -2.26. The van der Waals surface area contributed by atoms with Gasteiger partial charge in [0.1, 0.15) is 5.25 Å². The topological polar surface area (TPSA) is 109 Å². The molecule has 10 heteroatoms. The summed E-state index contributed by atoms with van der Waals surface area (Å²) >= 11 is 0. The van der Waals surface area contributed by atoms with Crippen molar-refractivity contribution in [2.45, 2.75) is 16.6 Å². The summed E-state index contributed by atoms with van der Waals surface area (Å²) in [4.78, 5) is 12.3. The van der Waals surface area contributed by atoms with Gasteiger partial charge >= 0.3 is 10.2 Å². The number of hydrogen-bond donors (Lipinski definition) is 1. The fourth-order valence-corrected chi connectivity index (χ4v) is 3.06. The third-order valence-electron chi connectivity index (χ3n) is 2.93. The minimum absolute atomic E-state index is 0.230. The Morgan fingerprint density at radius 2 is 1.70 bits per heavy atom. The Balaban J connectivity index is 2.27. The van der Waals surface area contributed by atoms with Gasteiger partial charge in [-0.2, -0.15) is 16.8 Å². The lowest BCUT2D eigenvalue weighted by molar-refractivity contribution is -0.117. The van der Waals surface area contributed by atoms with E-state index in [9.17, 15) is 25.5 Å². The monoisotopic (exact) mass is 323 g/mol. The third kappa shape index (κ3) is 2.97. The molecule has 0 saturated carbocycles. The molecular formula is C10H10FNO6S2. The zero-order valence-corrected chi connectivity index (χ0v) is 11.6. The second kappa shape index (κ2) is 4.79. The van der Waals surface area contributed by atoms with Gasteiger partial charge in [0.15, 0.2) is 0 Å². The molecule has 0 bridgehead atoms. The molecule has 20 heavy (non-hydrogen) atoms. The molecule has 1 aromatic carbocycles. The molecule has 7 nitrogen and oxygen atoms in total. The van der Waals surface area contributed by atoms with E-state index < -0.39 is 37.9 Å². The summed E-state index contributed by atoms with van der Waals surface area (Å²) in [5.74, 6) is -0.573. The first kappa shape index (κ1) is 14.9. The zero-order valence-electron chi connectivity index (χ0n) is 9.93. The summed E-state index contributed by atoms with van der Waals surface area (Å²) in [6.07, 6.45) is -0.459. The molecule has 110 valence electrons. The van der Waals surface area contributed by atoms with E-state index in [1.807, 2.05) is 0 Å². The van der Waals surface area contributed by atoms with Gasteiger partial charge in [0.2, 0.25) is 5.91 Å². The van der Waals surface area contributed by atoms with Crippen molar-refractivity contribution in [1.82, 2.24) is 0 Å². The third-order valence-corrected chi connectivity index (χ3v) is 4.91. The predicted molar refractivity (Wildman–Crippen MR) is 67.0 cm³/mol. The average Bonchev–Trinajstić information content (AvgIpc) is 2.70. The number of carbonyl (C=O) groups is 1. The van der Waals surface area contributed by atoms with E-state index in [4.69, 9.17) is 4.55 Å². The number of rotatable bonds is 3. The highest BCUT2D eigenvalue weighted by Crippen LogP contribution is 2.26. The molecule has 1 unspecified atom stereocenters. The number of hydrogen-bond acceptors (Lipinski definition) is 5. The van der Waals surface area contributed by atoms with Crippen molar-refractivity contribution in [1.29, 1.82) is 0 Å². The molecule has 0 spiro atoms. The smallest absolute Gasteiger partial charge is 0.307 e. The molecule has 0 aromatic heterocycles. The van der Waals surface area contributed by atoms with Crippen LogP contribution in [-0.4, -0.2) is 39.1 Å². The molecule has 1 aromatic rings. The Bertz CT molecular complexity index is 740. The number of benzene rings is 1. The van der Waals surface area contributed by atoms with Gasteiger partial charge in [-0.3, -0.25) is 9.35 Å². The van der Waals surface area contributed by atoms with Gasteiger partial charge < -0.3 is 4.90 Å². The lowest BCUT2D eigenvalue weighted by Gasteiger charge is -2.16. The van der Waals surface area contributed by atoms with Crippen LogP contribution in [0.25, 0.3) is 0 Å². The number of anilines is 1. The Morgan fingerprint density at radius 1 is 1.15 bits per heavy atom. The molecule has 2 rings (SSSR count). The van der Waals surface area contributed by atoms with Gasteiger partial charge in [-0.25, -0.2) is 0 Å². The van der Waals surface area contributed by atoms with Crippen LogP contribution in [0.3, 0.4) is 0 Å². The Labute approximate surface area is 115 Å². The molecule has 1 atom stereocenters. The fraction of sp³-hybridized carbons (Fsp3) is 0.300. The van der Waals surface area contributed by atoms with Gasteiger partial charge in [0.05, 0.1) is 4.90 Å². The molecule has 1 amide bonds. The van der Waals surface area contributed by atoms with Crippen LogP contribution in [0.1, 0.15) is 6.42 Å². The summed E-state index contributed by atoms with van der Waals surface area (Å²) < 4.78 is 65.0. The minimum Gasteiger partial charge on any atom is -0.311 e. The van der Waals surface area contributed by atoms with Crippen molar-refractivity contribution in [2.24, 2.45) is 0 Å². The first-order chi connectivity index (χ1) is 9.09. The van der Waals surface area contributed by atoms with Gasteiger partial charge in [0, 0.05) is 18.7 Å². The van der Waals surface area contributed by atoms with Crippen LogP contribution in [0.2, 0.25) is 0 Å². The van der Waals surface area contributed by atoms with Crippen molar-refractivity contribution >= 4 is 31.9 Å². The zero-order chi connectivity index (χ0) is 15.1.